The van der Waals surface area contributed by atoms with Crippen molar-refractivity contribution in [1.82, 2.24) is 10.6 Å². The number of hydrogen-bond donors (Lipinski definition) is 2. The van der Waals surface area contributed by atoms with E-state index in [9.17, 15) is 4.79 Å². The van der Waals surface area contributed by atoms with Crippen molar-refractivity contribution in [3.63, 3.8) is 0 Å². The second kappa shape index (κ2) is 9.61. The number of amides is 2. The molecule has 0 aromatic heterocycles. The van der Waals surface area contributed by atoms with Crippen LogP contribution in [0.1, 0.15) is 17.2 Å². The smallest absolute Gasteiger partial charge is 0.317 e. The van der Waals surface area contributed by atoms with Gasteiger partial charge in [0.05, 0.1) is 19.3 Å². The first-order chi connectivity index (χ1) is 11.3. The normalized spacial score (nSPS) is 10.5. The summed E-state index contributed by atoms with van der Waals surface area (Å²) in [5, 5.41) is 5.66. The summed E-state index contributed by atoms with van der Waals surface area (Å²) in [5.74, 6) is 0. The minimum Gasteiger partial charge on any atom is -0.382 e. The van der Waals surface area contributed by atoms with Gasteiger partial charge in [-0.25, -0.2) is 4.79 Å². The molecule has 0 bridgehead atoms. The molecule has 0 atom stereocenters. The van der Waals surface area contributed by atoms with Crippen LogP contribution in [0.3, 0.4) is 0 Å². The van der Waals surface area contributed by atoms with Crippen molar-refractivity contribution >= 4 is 6.03 Å². The summed E-state index contributed by atoms with van der Waals surface area (Å²) < 4.78 is 10.1. The molecule has 2 N–H and O–H groups in total. The fraction of sp³-hybridized carbons (Fsp3) is 0.278. The molecule has 0 saturated heterocycles. The van der Waals surface area contributed by atoms with Crippen LogP contribution in [0.15, 0.2) is 60.7 Å². The third-order valence-electron chi connectivity index (χ3n) is 3.31. The summed E-state index contributed by atoms with van der Waals surface area (Å²) in [6.45, 7) is 1.09. The maximum atomic E-state index is 12.1. The van der Waals surface area contributed by atoms with E-state index in [-0.39, 0.29) is 18.8 Å². The van der Waals surface area contributed by atoms with Gasteiger partial charge in [-0.1, -0.05) is 60.7 Å². The molecule has 0 aliphatic carbocycles. The van der Waals surface area contributed by atoms with Crippen LogP contribution in [-0.4, -0.2) is 33.1 Å². The number of carbonyl (C=O) groups is 1. The lowest BCUT2D eigenvalue weighted by atomic mass is 9.99. The van der Waals surface area contributed by atoms with Gasteiger partial charge in [0.2, 0.25) is 0 Å². The molecule has 0 saturated carbocycles. The second-order valence-electron chi connectivity index (χ2n) is 4.95. The van der Waals surface area contributed by atoms with E-state index < -0.39 is 0 Å². The van der Waals surface area contributed by atoms with Gasteiger partial charge in [0.25, 0.3) is 0 Å². The summed E-state index contributed by atoms with van der Waals surface area (Å²) in [5.41, 5.74) is 2.04. The minimum atomic E-state index is -0.278. The van der Waals surface area contributed by atoms with E-state index in [0.717, 1.165) is 11.1 Å². The van der Waals surface area contributed by atoms with E-state index in [2.05, 4.69) is 10.6 Å². The van der Waals surface area contributed by atoms with Crippen LogP contribution in [0.2, 0.25) is 0 Å². The molecule has 2 aromatic carbocycles. The molecule has 0 heterocycles. The molecule has 122 valence electrons. The van der Waals surface area contributed by atoms with Crippen LogP contribution < -0.4 is 10.6 Å². The van der Waals surface area contributed by atoms with Gasteiger partial charge in [0, 0.05) is 7.11 Å². The van der Waals surface area contributed by atoms with Crippen molar-refractivity contribution in [2.24, 2.45) is 0 Å². The predicted molar refractivity (Wildman–Crippen MR) is 89.1 cm³/mol. The first-order valence-electron chi connectivity index (χ1n) is 7.52. The molecule has 0 spiro atoms. The van der Waals surface area contributed by atoms with Gasteiger partial charge in [-0.3, -0.25) is 0 Å². The Bertz CT molecular complexity index is 536. The Morgan fingerprint density at radius 1 is 0.957 bits per heavy atom. The Kier molecular flexibility index (Phi) is 7.10. The van der Waals surface area contributed by atoms with Crippen LogP contribution in [-0.2, 0) is 9.47 Å². The lowest BCUT2D eigenvalue weighted by Gasteiger charge is -2.20. The average Bonchev–Trinajstić information content (AvgIpc) is 2.61. The number of nitrogens with one attached hydrogen (secondary N) is 2. The summed E-state index contributed by atoms with van der Waals surface area (Å²) in [4.78, 5) is 12.1. The van der Waals surface area contributed by atoms with E-state index in [1.807, 2.05) is 60.7 Å². The zero-order chi connectivity index (χ0) is 16.3. The van der Waals surface area contributed by atoms with Crippen molar-refractivity contribution in [3.8, 4) is 0 Å². The molecule has 2 rings (SSSR count). The third kappa shape index (κ3) is 5.73. The fourth-order valence-corrected chi connectivity index (χ4v) is 2.16. The van der Waals surface area contributed by atoms with E-state index in [1.54, 1.807) is 7.11 Å². The number of hydrogen-bond acceptors (Lipinski definition) is 3. The van der Waals surface area contributed by atoms with Crippen molar-refractivity contribution in [2.75, 3.05) is 27.1 Å². The largest absolute Gasteiger partial charge is 0.382 e. The highest BCUT2D eigenvalue weighted by atomic mass is 16.5. The van der Waals surface area contributed by atoms with Crippen molar-refractivity contribution in [3.05, 3.63) is 71.8 Å². The molecule has 5 heteroatoms. The van der Waals surface area contributed by atoms with Crippen LogP contribution in [0.5, 0.6) is 0 Å². The van der Waals surface area contributed by atoms with Gasteiger partial charge in [-0.2, -0.15) is 0 Å². The number of urea groups is 1. The number of methoxy groups -OCH3 is 1. The minimum absolute atomic E-state index is 0.144. The molecule has 0 unspecified atom stereocenters. The summed E-state index contributed by atoms with van der Waals surface area (Å²) in [6, 6.07) is 19.2. The second-order valence-corrected chi connectivity index (χ2v) is 4.95. The Morgan fingerprint density at radius 2 is 1.52 bits per heavy atom. The van der Waals surface area contributed by atoms with Gasteiger partial charge in [-0.05, 0) is 11.1 Å². The predicted octanol–water partition coefficient (Wildman–Crippen LogP) is 2.70. The first-order valence-corrected chi connectivity index (χ1v) is 7.52. The zero-order valence-corrected chi connectivity index (χ0v) is 13.2. The summed E-state index contributed by atoms with van der Waals surface area (Å²) >= 11 is 0. The highest BCUT2D eigenvalue weighted by molar-refractivity contribution is 5.74. The fourth-order valence-electron chi connectivity index (χ4n) is 2.16. The van der Waals surface area contributed by atoms with E-state index in [4.69, 9.17) is 9.47 Å². The SMILES string of the molecule is COCCOCNC(=O)NC(c1ccccc1)c1ccccc1. The Morgan fingerprint density at radius 3 is 2.04 bits per heavy atom. The standard InChI is InChI=1S/C18H22N2O3/c1-22-12-13-23-14-19-18(21)20-17(15-8-4-2-5-9-15)16-10-6-3-7-11-16/h2-11,17H,12-14H2,1H3,(H2,19,20,21). The van der Waals surface area contributed by atoms with Gasteiger partial charge in [0.1, 0.15) is 6.73 Å². The topological polar surface area (TPSA) is 59.6 Å². The quantitative estimate of drug-likeness (QED) is 0.582. The van der Waals surface area contributed by atoms with Crippen molar-refractivity contribution in [1.29, 1.82) is 0 Å². The number of ether oxygens (including phenoxy) is 2. The van der Waals surface area contributed by atoms with Gasteiger partial charge >= 0.3 is 6.03 Å². The molecular weight excluding hydrogens is 292 g/mol. The van der Waals surface area contributed by atoms with Gasteiger partial charge in [0.15, 0.2) is 0 Å². The highest BCUT2D eigenvalue weighted by Crippen LogP contribution is 2.21. The molecule has 0 aliphatic heterocycles. The molecule has 2 amide bonds. The summed E-state index contributed by atoms with van der Waals surface area (Å²) in [6.07, 6.45) is 0. The van der Waals surface area contributed by atoms with Crippen LogP contribution in [0.4, 0.5) is 4.79 Å². The van der Waals surface area contributed by atoms with Crippen molar-refractivity contribution < 1.29 is 14.3 Å². The van der Waals surface area contributed by atoms with E-state index in [1.165, 1.54) is 0 Å². The molecule has 0 radical (unpaired) electrons. The third-order valence-corrected chi connectivity index (χ3v) is 3.31. The molecular formula is C18H22N2O3. The monoisotopic (exact) mass is 314 g/mol. The number of rotatable bonds is 8. The van der Waals surface area contributed by atoms with Gasteiger partial charge < -0.3 is 20.1 Å². The number of carbonyl (C=O) groups excluding carboxylic acids is 1. The lowest BCUT2D eigenvalue weighted by Crippen LogP contribution is -2.39. The number of benzene rings is 2. The van der Waals surface area contributed by atoms with Gasteiger partial charge in [-0.15, -0.1) is 0 Å². The highest BCUT2D eigenvalue weighted by Gasteiger charge is 2.16. The molecule has 23 heavy (non-hydrogen) atoms. The zero-order valence-electron chi connectivity index (χ0n) is 13.2. The summed E-state index contributed by atoms with van der Waals surface area (Å²) in [7, 11) is 1.60. The average molecular weight is 314 g/mol. The van der Waals surface area contributed by atoms with Crippen LogP contribution >= 0.6 is 0 Å². The van der Waals surface area contributed by atoms with Crippen LogP contribution in [0, 0.1) is 0 Å². The van der Waals surface area contributed by atoms with E-state index in [0.29, 0.717) is 13.2 Å². The van der Waals surface area contributed by atoms with Crippen LogP contribution in [0.25, 0.3) is 0 Å². The molecule has 0 aliphatic rings. The van der Waals surface area contributed by atoms with E-state index >= 15 is 0 Å². The Labute approximate surface area is 136 Å². The molecule has 0 fully saturated rings. The first kappa shape index (κ1) is 17.0. The lowest BCUT2D eigenvalue weighted by molar-refractivity contribution is 0.0641. The molecule has 5 nitrogen and oxygen atoms in total. The Balaban J connectivity index is 1.97. The maximum absolute atomic E-state index is 12.1. The Hall–Kier alpha value is -2.37. The van der Waals surface area contributed by atoms with Crippen molar-refractivity contribution in [2.45, 2.75) is 6.04 Å². The molecule has 2 aromatic rings. The maximum Gasteiger partial charge on any atom is 0.317 e.